The predicted molar refractivity (Wildman–Crippen MR) is 81.7 cm³/mol. The summed E-state index contributed by atoms with van der Waals surface area (Å²) in [6.07, 6.45) is 0.133. The average Bonchev–Trinajstić information content (AvgIpc) is 2.37. The highest BCUT2D eigenvalue weighted by atomic mass is 16.5. The third kappa shape index (κ3) is 5.62. The van der Waals surface area contributed by atoms with E-state index < -0.39 is 5.54 Å². The number of rotatable bonds is 6. The highest BCUT2D eigenvalue weighted by Crippen LogP contribution is 2.15. The molecule has 0 aromatic heterocycles. The largest absolute Gasteiger partial charge is 0.374 e. The Bertz CT molecular complexity index is 392. The molecule has 21 heavy (non-hydrogen) atoms. The lowest BCUT2D eigenvalue weighted by atomic mass is 9.90. The zero-order valence-electron chi connectivity index (χ0n) is 13.8. The molecule has 0 aromatic rings. The Morgan fingerprint density at radius 1 is 1.57 bits per heavy atom. The van der Waals surface area contributed by atoms with Crippen molar-refractivity contribution in [2.75, 3.05) is 46.9 Å². The van der Waals surface area contributed by atoms with Gasteiger partial charge in [-0.3, -0.25) is 9.69 Å². The van der Waals surface area contributed by atoms with E-state index in [1.54, 1.807) is 6.92 Å². The van der Waals surface area contributed by atoms with Gasteiger partial charge in [0, 0.05) is 19.6 Å². The molecule has 2 unspecified atom stereocenters. The minimum Gasteiger partial charge on any atom is -0.374 e. The lowest BCUT2D eigenvalue weighted by Crippen LogP contribution is -2.54. The molecule has 6 heteroatoms. The molecule has 0 aromatic carbocycles. The molecule has 1 aliphatic rings. The van der Waals surface area contributed by atoms with Crippen molar-refractivity contribution in [1.29, 1.82) is 5.26 Å². The van der Waals surface area contributed by atoms with E-state index in [0.717, 1.165) is 19.6 Å². The van der Waals surface area contributed by atoms with Gasteiger partial charge >= 0.3 is 0 Å². The third-order valence-electron chi connectivity index (χ3n) is 3.94. The normalized spacial score (nSPS) is 22.9. The van der Waals surface area contributed by atoms with Crippen LogP contribution in [0, 0.1) is 17.2 Å². The lowest BCUT2D eigenvalue weighted by Gasteiger charge is -2.34. The number of carbonyl (C=O) groups excluding carboxylic acids is 1. The number of nitrogens with one attached hydrogen (secondary N) is 1. The highest BCUT2D eigenvalue weighted by molar-refractivity contribution is 5.79. The summed E-state index contributed by atoms with van der Waals surface area (Å²) in [5.74, 6) is -0.0316. The zero-order chi connectivity index (χ0) is 16.0. The molecule has 2 atom stereocenters. The summed E-state index contributed by atoms with van der Waals surface area (Å²) in [6.45, 7) is 8.95. The number of ether oxygens (including phenoxy) is 1. The summed E-state index contributed by atoms with van der Waals surface area (Å²) in [5, 5.41) is 12.1. The first-order valence-corrected chi connectivity index (χ1v) is 7.47. The molecule has 1 fully saturated rings. The summed E-state index contributed by atoms with van der Waals surface area (Å²) in [4.78, 5) is 16.3. The Morgan fingerprint density at radius 2 is 2.24 bits per heavy atom. The minimum absolute atomic E-state index is 0.0672. The number of morpholine rings is 1. The van der Waals surface area contributed by atoms with Crippen molar-refractivity contribution < 1.29 is 9.53 Å². The maximum atomic E-state index is 12.2. The van der Waals surface area contributed by atoms with Gasteiger partial charge in [-0.05, 0) is 26.9 Å². The second-order valence-electron chi connectivity index (χ2n) is 6.51. The Kier molecular flexibility index (Phi) is 6.59. The molecule has 1 amide bonds. The third-order valence-corrected chi connectivity index (χ3v) is 3.94. The van der Waals surface area contributed by atoms with Gasteiger partial charge in [-0.25, -0.2) is 0 Å². The first-order chi connectivity index (χ1) is 9.76. The topological polar surface area (TPSA) is 68.6 Å². The van der Waals surface area contributed by atoms with Crippen LogP contribution in [-0.2, 0) is 9.53 Å². The van der Waals surface area contributed by atoms with E-state index in [1.807, 2.05) is 27.9 Å². The van der Waals surface area contributed by atoms with Crippen LogP contribution in [0.25, 0.3) is 0 Å². The molecule has 120 valence electrons. The van der Waals surface area contributed by atoms with Crippen LogP contribution in [0.2, 0.25) is 0 Å². The summed E-state index contributed by atoms with van der Waals surface area (Å²) < 4.78 is 5.69. The first-order valence-electron chi connectivity index (χ1n) is 7.47. The van der Waals surface area contributed by atoms with Gasteiger partial charge in [0.15, 0.2) is 0 Å². The standard InChI is InChI=1S/C15H28N4O2/c1-12(2)15(3,11-16)17-14(20)10-19-6-7-21-13(9-19)8-18(4)5/h12-13H,6-10H2,1-5H3,(H,17,20). The van der Waals surface area contributed by atoms with Gasteiger partial charge in [0.25, 0.3) is 0 Å². The molecular formula is C15H28N4O2. The van der Waals surface area contributed by atoms with Crippen molar-refractivity contribution >= 4 is 5.91 Å². The molecule has 1 aliphatic heterocycles. The SMILES string of the molecule is CC(C)C(C)(C#N)NC(=O)CN1CCOC(CN(C)C)C1. The number of amides is 1. The molecule has 1 rings (SSSR count). The Hall–Kier alpha value is -1.16. The Balaban J connectivity index is 2.49. The van der Waals surface area contributed by atoms with E-state index in [4.69, 9.17) is 4.74 Å². The quantitative estimate of drug-likeness (QED) is 0.764. The maximum absolute atomic E-state index is 12.2. The van der Waals surface area contributed by atoms with Crippen molar-refractivity contribution in [2.45, 2.75) is 32.4 Å². The van der Waals surface area contributed by atoms with Gasteiger partial charge in [0.05, 0.1) is 25.3 Å². The fourth-order valence-corrected chi connectivity index (χ4v) is 2.28. The van der Waals surface area contributed by atoms with Gasteiger partial charge < -0.3 is 15.0 Å². The van der Waals surface area contributed by atoms with Crippen molar-refractivity contribution in [1.82, 2.24) is 15.1 Å². The van der Waals surface area contributed by atoms with Crippen LogP contribution in [-0.4, -0.2) is 74.2 Å². The van der Waals surface area contributed by atoms with E-state index in [-0.39, 0.29) is 17.9 Å². The van der Waals surface area contributed by atoms with E-state index >= 15 is 0 Å². The van der Waals surface area contributed by atoms with Crippen LogP contribution in [0.4, 0.5) is 0 Å². The van der Waals surface area contributed by atoms with Gasteiger partial charge in [-0.1, -0.05) is 13.8 Å². The second kappa shape index (κ2) is 7.74. The van der Waals surface area contributed by atoms with Crippen LogP contribution in [0.3, 0.4) is 0 Å². The lowest BCUT2D eigenvalue weighted by molar-refractivity contribution is -0.126. The van der Waals surface area contributed by atoms with E-state index in [0.29, 0.717) is 13.2 Å². The second-order valence-corrected chi connectivity index (χ2v) is 6.51. The van der Waals surface area contributed by atoms with E-state index in [9.17, 15) is 10.1 Å². The number of hydrogen-bond acceptors (Lipinski definition) is 5. The summed E-state index contributed by atoms with van der Waals surface area (Å²) >= 11 is 0. The van der Waals surface area contributed by atoms with Crippen LogP contribution < -0.4 is 5.32 Å². The minimum atomic E-state index is -0.813. The zero-order valence-corrected chi connectivity index (χ0v) is 13.8. The van der Waals surface area contributed by atoms with E-state index in [2.05, 4.69) is 21.2 Å². The Morgan fingerprint density at radius 3 is 2.76 bits per heavy atom. The summed E-state index contributed by atoms with van der Waals surface area (Å²) in [6, 6.07) is 2.20. The van der Waals surface area contributed by atoms with Gasteiger partial charge in [-0.2, -0.15) is 5.26 Å². The molecule has 0 bridgehead atoms. The van der Waals surface area contributed by atoms with Crippen molar-refractivity contribution in [3.05, 3.63) is 0 Å². The van der Waals surface area contributed by atoms with E-state index in [1.165, 1.54) is 0 Å². The van der Waals surface area contributed by atoms with Crippen molar-refractivity contribution in [2.24, 2.45) is 5.92 Å². The van der Waals surface area contributed by atoms with Crippen molar-refractivity contribution in [3.8, 4) is 6.07 Å². The smallest absolute Gasteiger partial charge is 0.235 e. The predicted octanol–water partition coefficient (Wildman–Crippen LogP) is 0.303. The molecular weight excluding hydrogens is 268 g/mol. The van der Waals surface area contributed by atoms with Crippen LogP contribution >= 0.6 is 0 Å². The van der Waals surface area contributed by atoms with Crippen molar-refractivity contribution in [3.63, 3.8) is 0 Å². The Labute approximate surface area is 128 Å². The molecule has 1 heterocycles. The molecule has 1 saturated heterocycles. The number of nitrogens with zero attached hydrogens (tertiary/aromatic N) is 3. The fourth-order valence-electron chi connectivity index (χ4n) is 2.28. The molecule has 1 N–H and O–H groups in total. The van der Waals surface area contributed by atoms with Gasteiger partial charge in [0.2, 0.25) is 5.91 Å². The van der Waals surface area contributed by atoms with Gasteiger partial charge in [-0.15, -0.1) is 0 Å². The number of hydrogen-bond donors (Lipinski definition) is 1. The fraction of sp³-hybridized carbons (Fsp3) is 0.867. The van der Waals surface area contributed by atoms with Gasteiger partial charge in [0.1, 0.15) is 5.54 Å². The molecule has 6 nitrogen and oxygen atoms in total. The number of carbonyl (C=O) groups is 1. The van der Waals surface area contributed by atoms with Crippen LogP contribution in [0.1, 0.15) is 20.8 Å². The van der Waals surface area contributed by atoms with Crippen LogP contribution in [0.5, 0.6) is 0 Å². The number of likely N-dealkylation sites (N-methyl/N-ethyl adjacent to an activating group) is 1. The highest BCUT2D eigenvalue weighted by Gasteiger charge is 2.31. The van der Waals surface area contributed by atoms with Crippen LogP contribution in [0.15, 0.2) is 0 Å². The summed E-state index contributed by atoms with van der Waals surface area (Å²) in [5.41, 5.74) is -0.813. The first kappa shape index (κ1) is 17.9. The number of nitriles is 1. The monoisotopic (exact) mass is 296 g/mol. The average molecular weight is 296 g/mol. The summed E-state index contributed by atoms with van der Waals surface area (Å²) in [7, 11) is 4.02. The molecule has 0 saturated carbocycles. The molecule has 0 spiro atoms. The molecule has 0 aliphatic carbocycles. The maximum Gasteiger partial charge on any atom is 0.235 e. The molecule has 0 radical (unpaired) electrons.